The molecule has 1 aromatic carbocycles. The van der Waals surface area contributed by atoms with E-state index >= 15 is 0 Å². The van der Waals surface area contributed by atoms with Crippen molar-refractivity contribution in [2.45, 2.75) is 58.0 Å². The topological polar surface area (TPSA) is 29.5 Å². The van der Waals surface area contributed by atoms with Crippen molar-refractivity contribution in [2.75, 3.05) is 7.11 Å². The highest BCUT2D eigenvalue weighted by Gasteiger charge is 2.23. The van der Waals surface area contributed by atoms with Gasteiger partial charge in [-0.15, -0.1) is 0 Å². The van der Waals surface area contributed by atoms with Gasteiger partial charge in [0.05, 0.1) is 13.2 Å². The highest BCUT2D eigenvalue weighted by atomic mass is 16.5. The largest absolute Gasteiger partial charge is 0.496 e. The first-order valence-corrected chi connectivity index (χ1v) is 7.46. The lowest BCUT2D eigenvalue weighted by Crippen LogP contribution is -2.26. The Kier molecular flexibility index (Phi) is 4.87. The molecule has 1 aliphatic carbocycles. The van der Waals surface area contributed by atoms with E-state index in [0.717, 1.165) is 25.0 Å². The third-order valence-corrected chi connectivity index (χ3v) is 4.28. The summed E-state index contributed by atoms with van der Waals surface area (Å²) in [5.41, 5.74) is 2.60. The third-order valence-electron chi connectivity index (χ3n) is 4.28. The summed E-state index contributed by atoms with van der Waals surface area (Å²) in [4.78, 5) is 0. The molecule has 2 nitrogen and oxygen atoms in total. The maximum absolute atomic E-state index is 10.1. The van der Waals surface area contributed by atoms with Gasteiger partial charge in [0.2, 0.25) is 0 Å². The molecule has 1 fully saturated rings. The highest BCUT2D eigenvalue weighted by molar-refractivity contribution is 5.39. The van der Waals surface area contributed by atoms with Gasteiger partial charge < -0.3 is 9.84 Å². The number of ether oxygens (including phenoxy) is 1. The number of rotatable bonds is 4. The lowest BCUT2D eigenvalue weighted by molar-refractivity contribution is 0.0700. The lowest BCUT2D eigenvalue weighted by atomic mass is 9.82. The summed E-state index contributed by atoms with van der Waals surface area (Å²) in [5, 5.41) is 10.1. The molecule has 2 unspecified atom stereocenters. The fraction of sp³-hybridized carbons (Fsp3) is 0.647. The van der Waals surface area contributed by atoms with Crippen LogP contribution in [0.4, 0.5) is 0 Å². The molecule has 0 spiro atoms. The lowest BCUT2D eigenvalue weighted by Gasteiger charge is -2.28. The fourth-order valence-corrected chi connectivity index (χ4v) is 3.09. The van der Waals surface area contributed by atoms with Crippen molar-refractivity contribution in [1.82, 2.24) is 0 Å². The van der Waals surface area contributed by atoms with E-state index in [1.54, 1.807) is 7.11 Å². The first kappa shape index (κ1) is 14.4. The molecular formula is C17H26O2. The van der Waals surface area contributed by atoms with Crippen molar-refractivity contribution in [2.24, 2.45) is 5.92 Å². The van der Waals surface area contributed by atoms with Gasteiger partial charge in [0, 0.05) is 0 Å². The Morgan fingerprint density at radius 1 is 1.26 bits per heavy atom. The Balaban J connectivity index is 2.14. The Labute approximate surface area is 116 Å². The van der Waals surface area contributed by atoms with Crippen LogP contribution in [0, 0.1) is 5.92 Å². The predicted molar refractivity (Wildman–Crippen MR) is 78.8 cm³/mol. The second-order valence-electron chi connectivity index (χ2n) is 6.05. The molecule has 1 aliphatic rings. The van der Waals surface area contributed by atoms with Gasteiger partial charge in [-0.2, -0.15) is 0 Å². The maximum Gasteiger partial charge on any atom is 0.122 e. The van der Waals surface area contributed by atoms with Crippen LogP contribution >= 0.6 is 0 Å². The van der Waals surface area contributed by atoms with Crippen LogP contribution in [0.2, 0.25) is 0 Å². The minimum absolute atomic E-state index is 0.113. The molecular weight excluding hydrogens is 236 g/mol. The molecule has 0 aliphatic heterocycles. The Morgan fingerprint density at radius 3 is 2.63 bits per heavy atom. The molecule has 0 saturated heterocycles. The van der Waals surface area contributed by atoms with Gasteiger partial charge in [-0.25, -0.2) is 0 Å². The quantitative estimate of drug-likeness (QED) is 0.891. The van der Waals surface area contributed by atoms with Gasteiger partial charge in [-0.1, -0.05) is 38.8 Å². The molecule has 0 aromatic heterocycles. The van der Waals surface area contributed by atoms with E-state index in [-0.39, 0.29) is 6.10 Å². The summed E-state index contributed by atoms with van der Waals surface area (Å²) < 4.78 is 5.42. The summed E-state index contributed by atoms with van der Waals surface area (Å²) in [5.74, 6) is 1.87. The van der Waals surface area contributed by atoms with Crippen molar-refractivity contribution in [3.63, 3.8) is 0 Å². The first-order chi connectivity index (χ1) is 9.11. The zero-order chi connectivity index (χ0) is 13.8. The standard InChI is InChI=1S/C17H26O2/c1-12(2)15-11-13(8-9-17(15)19-3)10-14-6-4-5-7-16(14)18/h8-9,11-12,14,16,18H,4-7,10H2,1-3H3. The molecule has 19 heavy (non-hydrogen) atoms. The van der Waals surface area contributed by atoms with Crippen molar-refractivity contribution >= 4 is 0 Å². The van der Waals surface area contributed by atoms with Gasteiger partial charge in [0.25, 0.3) is 0 Å². The van der Waals surface area contributed by atoms with E-state index in [9.17, 15) is 5.11 Å². The predicted octanol–water partition coefficient (Wildman–Crippen LogP) is 3.91. The van der Waals surface area contributed by atoms with E-state index in [4.69, 9.17) is 4.74 Å². The van der Waals surface area contributed by atoms with Crippen LogP contribution in [0.25, 0.3) is 0 Å². The second kappa shape index (κ2) is 6.42. The van der Waals surface area contributed by atoms with Crippen LogP contribution in [0.1, 0.15) is 56.6 Å². The summed E-state index contributed by atoms with van der Waals surface area (Å²) in [6, 6.07) is 6.47. The van der Waals surface area contributed by atoms with E-state index in [2.05, 4.69) is 32.0 Å². The number of methoxy groups -OCH3 is 1. The molecule has 0 amide bonds. The Hall–Kier alpha value is -1.02. The number of aliphatic hydroxyl groups excluding tert-OH is 1. The van der Waals surface area contributed by atoms with Crippen molar-refractivity contribution in [3.8, 4) is 5.75 Å². The number of hydrogen-bond donors (Lipinski definition) is 1. The van der Waals surface area contributed by atoms with E-state index < -0.39 is 0 Å². The molecule has 1 N–H and O–H groups in total. The zero-order valence-electron chi connectivity index (χ0n) is 12.4. The van der Waals surface area contributed by atoms with Crippen LogP contribution in [0.5, 0.6) is 5.75 Å². The second-order valence-corrected chi connectivity index (χ2v) is 6.05. The number of hydrogen-bond acceptors (Lipinski definition) is 2. The van der Waals surface area contributed by atoms with Gasteiger partial charge in [0.15, 0.2) is 0 Å². The highest BCUT2D eigenvalue weighted by Crippen LogP contribution is 2.31. The zero-order valence-corrected chi connectivity index (χ0v) is 12.4. The molecule has 0 heterocycles. The van der Waals surface area contributed by atoms with Crippen LogP contribution < -0.4 is 4.74 Å². The minimum Gasteiger partial charge on any atom is -0.496 e. The van der Waals surface area contributed by atoms with Crippen LogP contribution in [0.15, 0.2) is 18.2 Å². The molecule has 1 saturated carbocycles. The SMILES string of the molecule is COc1ccc(CC2CCCCC2O)cc1C(C)C. The van der Waals surface area contributed by atoms with Crippen LogP contribution in [0.3, 0.4) is 0 Å². The number of aliphatic hydroxyl groups is 1. The Bertz CT molecular complexity index is 412. The van der Waals surface area contributed by atoms with E-state index in [1.165, 1.54) is 24.0 Å². The molecule has 2 atom stereocenters. The van der Waals surface area contributed by atoms with E-state index in [0.29, 0.717) is 11.8 Å². The Morgan fingerprint density at radius 2 is 2.00 bits per heavy atom. The molecule has 0 radical (unpaired) electrons. The summed E-state index contributed by atoms with van der Waals surface area (Å²) in [6.07, 6.45) is 5.44. The molecule has 1 aromatic rings. The van der Waals surface area contributed by atoms with Crippen molar-refractivity contribution in [1.29, 1.82) is 0 Å². The average molecular weight is 262 g/mol. The number of benzene rings is 1. The average Bonchev–Trinajstić information content (AvgIpc) is 2.41. The minimum atomic E-state index is -0.113. The monoisotopic (exact) mass is 262 g/mol. The van der Waals surface area contributed by atoms with Gasteiger partial charge in [-0.3, -0.25) is 0 Å². The summed E-state index contributed by atoms with van der Waals surface area (Å²) in [7, 11) is 1.73. The van der Waals surface area contributed by atoms with Crippen molar-refractivity contribution < 1.29 is 9.84 Å². The van der Waals surface area contributed by atoms with Gasteiger partial charge in [0.1, 0.15) is 5.75 Å². The normalized spacial score (nSPS) is 23.6. The molecule has 2 rings (SSSR count). The fourth-order valence-electron chi connectivity index (χ4n) is 3.09. The first-order valence-electron chi connectivity index (χ1n) is 7.46. The van der Waals surface area contributed by atoms with Crippen LogP contribution in [-0.4, -0.2) is 18.3 Å². The maximum atomic E-state index is 10.1. The molecule has 106 valence electrons. The van der Waals surface area contributed by atoms with Gasteiger partial charge in [-0.05, 0) is 48.3 Å². The molecule has 2 heteroatoms. The van der Waals surface area contributed by atoms with E-state index in [1.807, 2.05) is 0 Å². The summed E-state index contributed by atoms with van der Waals surface area (Å²) in [6.45, 7) is 4.38. The third kappa shape index (κ3) is 3.50. The smallest absolute Gasteiger partial charge is 0.122 e. The van der Waals surface area contributed by atoms with Gasteiger partial charge >= 0.3 is 0 Å². The van der Waals surface area contributed by atoms with Crippen LogP contribution in [-0.2, 0) is 6.42 Å². The molecule has 0 bridgehead atoms. The van der Waals surface area contributed by atoms with Crippen molar-refractivity contribution in [3.05, 3.63) is 29.3 Å². The summed E-state index contributed by atoms with van der Waals surface area (Å²) >= 11 is 0.